The van der Waals surface area contributed by atoms with Crippen LogP contribution in [0.15, 0.2) is 53.7 Å². The van der Waals surface area contributed by atoms with Gasteiger partial charge in [0.25, 0.3) is 0 Å². The zero-order valence-corrected chi connectivity index (χ0v) is 17.9. The number of halogens is 1. The van der Waals surface area contributed by atoms with Crippen LogP contribution in [0.1, 0.15) is 34.4 Å². The highest BCUT2D eigenvalue weighted by Gasteiger charge is 2.25. The van der Waals surface area contributed by atoms with E-state index in [4.69, 9.17) is 14.2 Å². The summed E-state index contributed by atoms with van der Waals surface area (Å²) in [5, 5.41) is 0.517. The highest BCUT2D eigenvalue weighted by molar-refractivity contribution is 7.99. The largest absolute Gasteiger partial charge is 0.460 e. The summed E-state index contributed by atoms with van der Waals surface area (Å²) in [4.78, 5) is 20.8. The number of hydrogen-bond donors (Lipinski definition) is 0. The van der Waals surface area contributed by atoms with Gasteiger partial charge < -0.3 is 14.2 Å². The van der Waals surface area contributed by atoms with Crippen molar-refractivity contribution in [3.63, 3.8) is 0 Å². The van der Waals surface area contributed by atoms with E-state index in [0.717, 1.165) is 17.0 Å². The van der Waals surface area contributed by atoms with Crippen LogP contribution in [0, 0.1) is 19.7 Å². The van der Waals surface area contributed by atoms with E-state index in [9.17, 15) is 9.18 Å². The molecule has 0 unspecified atom stereocenters. The Morgan fingerprint density at radius 1 is 1.16 bits per heavy atom. The third-order valence-corrected chi connectivity index (χ3v) is 5.38. The molecule has 31 heavy (non-hydrogen) atoms. The van der Waals surface area contributed by atoms with E-state index in [1.165, 1.54) is 23.9 Å². The maximum atomic E-state index is 14.1. The Kier molecular flexibility index (Phi) is 6.48. The number of nitrogens with zero attached hydrogens (tertiary/aromatic N) is 2. The van der Waals surface area contributed by atoms with Crippen LogP contribution in [0.25, 0.3) is 0 Å². The van der Waals surface area contributed by atoms with Gasteiger partial charge in [-0.2, -0.15) is 0 Å². The van der Waals surface area contributed by atoms with Crippen LogP contribution in [-0.4, -0.2) is 21.7 Å². The molecule has 0 aliphatic carbocycles. The SMILES string of the molecule is Cc1cc(C)nc(SCC(=O)OCc2cc(F)cc3c2O[C@H](c2ccccc2)OC3)n1. The Balaban J connectivity index is 1.42. The van der Waals surface area contributed by atoms with Crippen molar-refractivity contribution in [2.24, 2.45) is 0 Å². The summed E-state index contributed by atoms with van der Waals surface area (Å²) in [7, 11) is 0. The molecular formula is C23H21FN2O4S. The van der Waals surface area contributed by atoms with Gasteiger partial charge in [0.1, 0.15) is 18.2 Å². The maximum absolute atomic E-state index is 14.1. The van der Waals surface area contributed by atoms with Crippen molar-refractivity contribution in [2.45, 2.75) is 38.5 Å². The lowest BCUT2D eigenvalue weighted by molar-refractivity contribution is -0.142. The quantitative estimate of drug-likeness (QED) is 0.313. The molecule has 160 valence electrons. The van der Waals surface area contributed by atoms with Crippen LogP contribution < -0.4 is 4.74 Å². The lowest BCUT2D eigenvalue weighted by Crippen LogP contribution is -2.20. The third kappa shape index (κ3) is 5.39. The number of ether oxygens (including phenoxy) is 3. The first-order valence-corrected chi connectivity index (χ1v) is 10.7. The highest BCUT2D eigenvalue weighted by Crippen LogP contribution is 2.36. The van der Waals surface area contributed by atoms with Crippen LogP contribution in [0.5, 0.6) is 5.75 Å². The molecule has 0 radical (unpaired) electrons. The molecule has 0 saturated carbocycles. The van der Waals surface area contributed by atoms with Crippen molar-refractivity contribution in [3.8, 4) is 5.75 Å². The Labute approximate surface area is 183 Å². The number of fused-ring (bicyclic) bond motifs is 1. The highest BCUT2D eigenvalue weighted by atomic mass is 32.2. The molecule has 4 rings (SSSR count). The van der Waals surface area contributed by atoms with Crippen LogP contribution in [0.2, 0.25) is 0 Å². The van der Waals surface area contributed by atoms with Crippen LogP contribution in [0.4, 0.5) is 4.39 Å². The topological polar surface area (TPSA) is 70.5 Å². The molecule has 1 aliphatic heterocycles. The van der Waals surface area contributed by atoms with E-state index in [1.54, 1.807) is 0 Å². The molecule has 1 atom stereocenters. The van der Waals surface area contributed by atoms with Gasteiger partial charge in [-0.1, -0.05) is 42.1 Å². The molecule has 3 aromatic rings. The zero-order valence-electron chi connectivity index (χ0n) is 17.1. The van der Waals surface area contributed by atoms with E-state index < -0.39 is 18.1 Å². The molecule has 6 nitrogen and oxygen atoms in total. The number of aromatic nitrogens is 2. The van der Waals surface area contributed by atoms with Crippen molar-refractivity contribution in [1.29, 1.82) is 0 Å². The van der Waals surface area contributed by atoms with Crippen molar-refractivity contribution in [2.75, 3.05) is 5.75 Å². The van der Waals surface area contributed by atoms with E-state index in [0.29, 0.717) is 22.0 Å². The number of carbonyl (C=O) groups is 1. The minimum atomic E-state index is -0.606. The second-order valence-electron chi connectivity index (χ2n) is 7.11. The molecule has 1 aliphatic rings. The van der Waals surface area contributed by atoms with E-state index in [-0.39, 0.29) is 19.0 Å². The van der Waals surface area contributed by atoms with Crippen LogP contribution in [-0.2, 0) is 27.5 Å². The van der Waals surface area contributed by atoms with Gasteiger partial charge in [-0.25, -0.2) is 14.4 Å². The molecule has 0 spiro atoms. The molecule has 8 heteroatoms. The van der Waals surface area contributed by atoms with Gasteiger partial charge >= 0.3 is 5.97 Å². The number of esters is 1. The summed E-state index contributed by atoms with van der Waals surface area (Å²) in [5.41, 5.74) is 3.56. The molecule has 2 heterocycles. The summed E-state index contributed by atoms with van der Waals surface area (Å²) in [5.74, 6) is -0.345. The number of carbonyl (C=O) groups excluding carboxylic acids is 1. The fraction of sp³-hybridized carbons (Fsp3) is 0.261. The average molecular weight is 440 g/mol. The van der Waals surface area contributed by atoms with Gasteiger partial charge in [0.2, 0.25) is 6.29 Å². The summed E-state index contributed by atoms with van der Waals surface area (Å²) in [6.45, 7) is 3.84. The van der Waals surface area contributed by atoms with E-state index >= 15 is 0 Å². The second-order valence-corrected chi connectivity index (χ2v) is 8.05. The van der Waals surface area contributed by atoms with Gasteiger partial charge in [-0.05, 0) is 32.0 Å². The van der Waals surface area contributed by atoms with Gasteiger partial charge in [0.15, 0.2) is 5.16 Å². The Morgan fingerprint density at radius 3 is 2.65 bits per heavy atom. The molecule has 1 aromatic heterocycles. The van der Waals surface area contributed by atoms with Crippen molar-refractivity contribution >= 4 is 17.7 Å². The lowest BCUT2D eigenvalue weighted by atomic mass is 10.1. The van der Waals surface area contributed by atoms with Gasteiger partial charge in [-0.3, -0.25) is 4.79 Å². The third-order valence-electron chi connectivity index (χ3n) is 4.56. The number of aryl methyl sites for hydroxylation is 2. The molecular weight excluding hydrogens is 419 g/mol. The Hall–Kier alpha value is -2.97. The van der Waals surface area contributed by atoms with Crippen molar-refractivity contribution < 1.29 is 23.4 Å². The van der Waals surface area contributed by atoms with Gasteiger partial charge in [0.05, 0.1) is 12.4 Å². The van der Waals surface area contributed by atoms with Crippen LogP contribution in [0.3, 0.4) is 0 Å². The maximum Gasteiger partial charge on any atom is 0.316 e. The fourth-order valence-corrected chi connectivity index (χ4v) is 3.99. The van der Waals surface area contributed by atoms with Gasteiger partial charge in [-0.15, -0.1) is 0 Å². The smallest absolute Gasteiger partial charge is 0.316 e. The fourth-order valence-electron chi connectivity index (χ4n) is 3.24. The monoisotopic (exact) mass is 440 g/mol. The van der Waals surface area contributed by atoms with E-state index in [1.807, 2.05) is 50.2 Å². The summed E-state index contributed by atoms with van der Waals surface area (Å²) in [6.07, 6.45) is -0.606. The first-order valence-electron chi connectivity index (χ1n) is 9.73. The number of rotatable bonds is 6. The Morgan fingerprint density at radius 2 is 1.90 bits per heavy atom. The van der Waals surface area contributed by atoms with Crippen molar-refractivity contribution in [3.05, 3.63) is 82.4 Å². The van der Waals surface area contributed by atoms with Gasteiger partial charge in [0, 0.05) is 28.1 Å². The standard InChI is InChI=1S/C23H21FN2O4S/c1-14-8-15(2)26-23(25-14)31-13-20(27)28-11-17-9-19(24)10-18-12-29-22(30-21(17)18)16-6-4-3-5-7-16/h3-10,22H,11-13H2,1-2H3/t22-/m1/s1. The molecule has 0 bridgehead atoms. The molecule has 0 fully saturated rings. The summed E-state index contributed by atoms with van der Waals surface area (Å²) < 4.78 is 31.1. The second kappa shape index (κ2) is 9.45. The first kappa shape index (κ1) is 21.3. The number of hydrogen-bond acceptors (Lipinski definition) is 7. The molecule has 0 amide bonds. The van der Waals surface area contributed by atoms with Crippen molar-refractivity contribution in [1.82, 2.24) is 9.97 Å². The zero-order chi connectivity index (χ0) is 21.8. The molecule has 2 aromatic carbocycles. The number of thioether (sulfide) groups is 1. The Bertz CT molecular complexity index is 1070. The molecule has 0 saturated heterocycles. The molecule has 0 N–H and O–H groups in total. The predicted molar refractivity (Wildman–Crippen MR) is 113 cm³/mol. The normalized spacial score (nSPS) is 15.1. The average Bonchev–Trinajstić information content (AvgIpc) is 2.75. The lowest BCUT2D eigenvalue weighted by Gasteiger charge is -2.28. The summed E-state index contributed by atoms with van der Waals surface area (Å²) in [6, 6.07) is 14.0. The first-order chi connectivity index (χ1) is 15.0. The predicted octanol–water partition coefficient (Wildman–Crippen LogP) is 4.68. The van der Waals surface area contributed by atoms with Crippen LogP contribution >= 0.6 is 11.8 Å². The summed E-state index contributed by atoms with van der Waals surface area (Å²) >= 11 is 1.20. The van der Waals surface area contributed by atoms with E-state index in [2.05, 4.69) is 9.97 Å². The number of benzene rings is 2. The minimum Gasteiger partial charge on any atom is -0.460 e. The minimum absolute atomic E-state index is 0.0526.